The average molecular weight is 365 g/mol. The van der Waals surface area contributed by atoms with E-state index < -0.39 is 11.9 Å². The number of esters is 2. The van der Waals surface area contributed by atoms with Crippen molar-refractivity contribution >= 4 is 18.0 Å². The summed E-state index contributed by atoms with van der Waals surface area (Å²) in [5.74, 6) is -0.323. The van der Waals surface area contributed by atoms with E-state index in [0.717, 1.165) is 16.7 Å². The van der Waals surface area contributed by atoms with Gasteiger partial charge in [-0.2, -0.15) is 5.26 Å². The second kappa shape index (κ2) is 9.20. The Morgan fingerprint density at radius 1 is 1.15 bits per heavy atom. The Kier molecular flexibility index (Phi) is 6.73. The van der Waals surface area contributed by atoms with Gasteiger partial charge in [-0.05, 0) is 36.3 Å². The van der Waals surface area contributed by atoms with Gasteiger partial charge in [0.2, 0.25) is 0 Å². The fourth-order valence-corrected chi connectivity index (χ4v) is 2.46. The number of carbonyl (C=O) groups is 2. The van der Waals surface area contributed by atoms with Gasteiger partial charge in [-0.3, -0.25) is 4.79 Å². The summed E-state index contributed by atoms with van der Waals surface area (Å²) in [6.45, 7) is 1.89. The Labute approximate surface area is 157 Å². The summed E-state index contributed by atoms with van der Waals surface area (Å²) in [4.78, 5) is 23.5. The zero-order valence-corrected chi connectivity index (χ0v) is 15.3. The molecule has 0 atom stereocenters. The van der Waals surface area contributed by atoms with Crippen molar-refractivity contribution in [2.75, 3.05) is 14.2 Å². The van der Waals surface area contributed by atoms with Crippen LogP contribution in [0.15, 0.2) is 42.5 Å². The number of nitriles is 1. The number of benzene rings is 2. The molecule has 0 amide bonds. The van der Waals surface area contributed by atoms with Crippen molar-refractivity contribution in [3.8, 4) is 17.6 Å². The van der Waals surface area contributed by atoms with E-state index >= 15 is 0 Å². The maximum absolute atomic E-state index is 12.3. The van der Waals surface area contributed by atoms with Gasteiger partial charge in [0, 0.05) is 12.1 Å². The average Bonchev–Trinajstić information content (AvgIpc) is 2.65. The van der Waals surface area contributed by atoms with Gasteiger partial charge >= 0.3 is 11.9 Å². The third-order valence-corrected chi connectivity index (χ3v) is 3.65. The number of rotatable bonds is 6. The van der Waals surface area contributed by atoms with Gasteiger partial charge in [0.25, 0.3) is 0 Å². The molecule has 0 radical (unpaired) electrons. The molecule has 2 rings (SSSR count). The first-order valence-electron chi connectivity index (χ1n) is 8.10. The number of ether oxygens (including phenoxy) is 3. The molecule has 0 unspecified atom stereocenters. The molecule has 0 N–H and O–H groups in total. The van der Waals surface area contributed by atoms with Gasteiger partial charge in [-0.25, -0.2) is 4.79 Å². The third kappa shape index (κ3) is 5.72. The Bertz CT molecular complexity index is 925. The van der Waals surface area contributed by atoms with Gasteiger partial charge in [0.1, 0.15) is 11.8 Å². The van der Waals surface area contributed by atoms with Gasteiger partial charge < -0.3 is 14.2 Å². The highest BCUT2D eigenvalue weighted by atomic mass is 16.5. The minimum Gasteiger partial charge on any atom is -0.497 e. The van der Waals surface area contributed by atoms with E-state index in [1.54, 1.807) is 18.2 Å². The first kappa shape index (κ1) is 19.7. The van der Waals surface area contributed by atoms with Gasteiger partial charge in [-0.1, -0.05) is 23.8 Å². The lowest BCUT2D eigenvalue weighted by atomic mass is 10.0. The van der Waals surface area contributed by atoms with Crippen LogP contribution >= 0.6 is 0 Å². The Morgan fingerprint density at radius 3 is 2.59 bits per heavy atom. The molecule has 6 nitrogen and oxygen atoms in total. The molecule has 0 bridgehead atoms. The molecule has 0 spiro atoms. The molecule has 2 aromatic carbocycles. The molecule has 6 heteroatoms. The lowest BCUT2D eigenvalue weighted by molar-refractivity contribution is -0.135. The number of hydrogen-bond acceptors (Lipinski definition) is 6. The Morgan fingerprint density at radius 2 is 1.93 bits per heavy atom. The van der Waals surface area contributed by atoms with Crippen molar-refractivity contribution in [3.63, 3.8) is 0 Å². The highest BCUT2D eigenvalue weighted by molar-refractivity contribution is 5.87. The molecule has 0 saturated heterocycles. The summed E-state index contributed by atoms with van der Waals surface area (Å²) < 4.78 is 15.0. The van der Waals surface area contributed by atoms with E-state index in [0.29, 0.717) is 5.75 Å². The normalized spacial score (nSPS) is 10.3. The summed E-state index contributed by atoms with van der Waals surface area (Å²) >= 11 is 0. The molecular formula is C21H19NO5. The van der Waals surface area contributed by atoms with Crippen molar-refractivity contribution in [3.05, 3.63) is 64.7 Å². The molecule has 0 fully saturated rings. The van der Waals surface area contributed by atoms with Crippen LogP contribution in [0.3, 0.4) is 0 Å². The lowest BCUT2D eigenvalue weighted by Crippen LogP contribution is -2.12. The summed E-state index contributed by atoms with van der Waals surface area (Å²) in [7, 11) is 2.79. The minimum absolute atomic E-state index is 0.0167. The topological polar surface area (TPSA) is 85.6 Å². The lowest BCUT2D eigenvalue weighted by Gasteiger charge is -2.09. The van der Waals surface area contributed by atoms with E-state index in [-0.39, 0.29) is 17.7 Å². The van der Waals surface area contributed by atoms with E-state index in [9.17, 15) is 9.59 Å². The zero-order valence-electron chi connectivity index (χ0n) is 15.3. The van der Waals surface area contributed by atoms with Crippen LogP contribution in [0.4, 0.5) is 0 Å². The highest BCUT2D eigenvalue weighted by Crippen LogP contribution is 2.24. The summed E-state index contributed by atoms with van der Waals surface area (Å²) in [5, 5.41) is 9.15. The number of nitrogens with zero attached hydrogens (tertiary/aromatic N) is 1. The highest BCUT2D eigenvalue weighted by Gasteiger charge is 2.12. The van der Waals surface area contributed by atoms with Crippen molar-refractivity contribution < 1.29 is 23.8 Å². The first-order valence-corrected chi connectivity index (χ1v) is 8.10. The van der Waals surface area contributed by atoms with Gasteiger partial charge in [0.05, 0.1) is 26.2 Å². The Balaban J connectivity index is 2.17. The SMILES string of the molecule is COC(=O)/C=C/c1cc(C)cc(CC(=O)Oc2cc(OC)ccc2C#N)c1. The predicted molar refractivity (Wildman–Crippen MR) is 99.3 cm³/mol. The Hall–Kier alpha value is -3.59. The number of carbonyl (C=O) groups excluding carboxylic acids is 2. The van der Waals surface area contributed by atoms with E-state index in [1.165, 1.54) is 32.4 Å². The predicted octanol–water partition coefficient (Wildman–Crippen LogP) is 3.21. The van der Waals surface area contributed by atoms with E-state index in [2.05, 4.69) is 4.74 Å². The maximum Gasteiger partial charge on any atom is 0.330 e. The van der Waals surface area contributed by atoms with Crippen molar-refractivity contribution in [2.45, 2.75) is 13.3 Å². The standard InChI is InChI=1S/C21H19NO5/c1-14-8-15(4-7-20(23)26-3)10-16(9-14)11-21(24)27-19-12-18(25-2)6-5-17(19)13-22/h4-10,12H,11H2,1-3H3/b7-4+. The molecular weight excluding hydrogens is 346 g/mol. The van der Waals surface area contributed by atoms with Crippen LogP contribution < -0.4 is 9.47 Å². The van der Waals surface area contributed by atoms with Crippen LogP contribution in [-0.4, -0.2) is 26.2 Å². The van der Waals surface area contributed by atoms with Crippen LogP contribution in [0.5, 0.6) is 11.5 Å². The van der Waals surface area contributed by atoms with Crippen LogP contribution in [-0.2, 0) is 20.7 Å². The first-order chi connectivity index (χ1) is 12.9. The van der Waals surface area contributed by atoms with E-state index in [4.69, 9.17) is 14.7 Å². The van der Waals surface area contributed by atoms with Crippen LogP contribution in [0.1, 0.15) is 22.3 Å². The van der Waals surface area contributed by atoms with Crippen molar-refractivity contribution in [1.82, 2.24) is 0 Å². The van der Waals surface area contributed by atoms with Crippen LogP contribution in [0.25, 0.3) is 6.08 Å². The molecule has 0 aliphatic carbocycles. The fourth-order valence-electron chi connectivity index (χ4n) is 2.46. The smallest absolute Gasteiger partial charge is 0.330 e. The third-order valence-electron chi connectivity index (χ3n) is 3.65. The molecule has 27 heavy (non-hydrogen) atoms. The second-order valence-corrected chi connectivity index (χ2v) is 5.73. The quantitative estimate of drug-likeness (QED) is 0.444. The summed E-state index contributed by atoms with van der Waals surface area (Å²) in [6, 6.07) is 12.1. The molecule has 138 valence electrons. The molecule has 0 aliphatic heterocycles. The maximum atomic E-state index is 12.3. The van der Waals surface area contributed by atoms with Crippen molar-refractivity contribution in [2.24, 2.45) is 0 Å². The largest absolute Gasteiger partial charge is 0.497 e. The summed E-state index contributed by atoms with van der Waals surface area (Å²) in [5.41, 5.74) is 2.67. The van der Waals surface area contributed by atoms with Gasteiger partial charge in [-0.15, -0.1) is 0 Å². The van der Waals surface area contributed by atoms with Crippen molar-refractivity contribution in [1.29, 1.82) is 5.26 Å². The fraction of sp³-hybridized carbons (Fsp3) is 0.190. The summed E-state index contributed by atoms with van der Waals surface area (Å²) in [6.07, 6.45) is 2.94. The molecule has 0 heterocycles. The number of hydrogen-bond donors (Lipinski definition) is 0. The molecule has 0 aromatic heterocycles. The minimum atomic E-state index is -0.506. The molecule has 0 aliphatic rings. The number of aryl methyl sites for hydroxylation is 1. The van der Waals surface area contributed by atoms with E-state index in [1.807, 2.05) is 25.1 Å². The van der Waals surface area contributed by atoms with Gasteiger partial charge in [0.15, 0.2) is 5.75 Å². The van der Waals surface area contributed by atoms with Crippen LogP contribution in [0, 0.1) is 18.3 Å². The van der Waals surface area contributed by atoms with Crippen LogP contribution in [0.2, 0.25) is 0 Å². The molecule has 0 saturated carbocycles. The zero-order chi connectivity index (χ0) is 19.8. The monoisotopic (exact) mass is 365 g/mol. The molecule has 2 aromatic rings. The second-order valence-electron chi connectivity index (χ2n) is 5.73. The number of methoxy groups -OCH3 is 2.